The largest absolute Gasteiger partial charge is 0.320 e. The van der Waals surface area contributed by atoms with Gasteiger partial charge in [0.15, 0.2) is 0 Å². The summed E-state index contributed by atoms with van der Waals surface area (Å²) in [5.41, 5.74) is 1.02. The number of piperidine rings is 1. The summed E-state index contributed by atoms with van der Waals surface area (Å²) in [4.78, 5) is 10.6. The van der Waals surface area contributed by atoms with Crippen molar-refractivity contribution in [2.45, 2.75) is 25.8 Å². The van der Waals surface area contributed by atoms with Gasteiger partial charge in [0.05, 0.1) is 5.69 Å². The van der Waals surface area contributed by atoms with Crippen LogP contribution in [0.1, 0.15) is 25.0 Å². The van der Waals surface area contributed by atoms with Gasteiger partial charge in [0, 0.05) is 12.7 Å². The Bertz CT molecular complexity index is 364. The van der Waals surface area contributed by atoms with Crippen molar-refractivity contribution < 1.29 is 0 Å². The lowest BCUT2D eigenvalue weighted by atomic mass is 9.93. The highest BCUT2D eigenvalue weighted by atomic mass is 35.5. The molecule has 18 heavy (non-hydrogen) atoms. The Balaban J connectivity index is 1.76. The van der Waals surface area contributed by atoms with E-state index in [0.29, 0.717) is 5.28 Å². The first-order chi connectivity index (χ1) is 8.78. The Hall–Kier alpha value is -0.710. The summed E-state index contributed by atoms with van der Waals surface area (Å²) < 4.78 is 0. The first kappa shape index (κ1) is 13.7. The third-order valence-electron chi connectivity index (χ3n) is 3.58. The zero-order valence-corrected chi connectivity index (χ0v) is 11.7. The van der Waals surface area contributed by atoms with Crippen LogP contribution < -0.4 is 5.32 Å². The predicted molar refractivity (Wildman–Crippen MR) is 73.6 cm³/mol. The molecule has 0 spiro atoms. The van der Waals surface area contributed by atoms with Gasteiger partial charge in [-0.2, -0.15) is 0 Å². The van der Waals surface area contributed by atoms with Gasteiger partial charge in [-0.3, -0.25) is 4.90 Å². The minimum atomic E-state index is 0.344. The number of hydrogen-bond acceptors (Lipinski definition) is 4. The molecule has 0 aliphatic carbocycles. The van der Waals surface area contributed by atoms with Crippen molar-refractivity contribution in [1.29, 1.82) is 0 Å². The summed E-state index contributed by atoms with van der Waals surface area (Å²) in [6.07, 6.45) is 5.61. The average molecular weight is 269 g/mol. The zero-order valence-electron chi connectivity index (χ0n) is 10.9. The highest BCUT2D eigenvalue weighted by molar-refractivity contribution is 6.28. The Labute approximate surface area is 114 Å². The Morgan fingerprint density at radius 1 is 1.44 bits per heavy atom. The Morgan fingerprint density at radius 3 is 2.89 bits per heavy atom. The third-order valence-corrected chi connectivity index (χ3v) is 3.76. The van der Waals surface area contributed by atoms with E-state index in [4.69, 9.17) is 11.6 Å². The minimum absolute atomic E-state index is 0.344. The molecule has 1 saturated heterocycles. The normalized spacial score (nSPS) is 18.1. The van der Waals surface area contributed by atoms with Gasteiger partial charge in [-0.15, -0.1) is 0 Å². The molecule has 0 atom stereocenters. The van der Waals surface area contributed by atoms with Crippen molar-refractivity contribution in [3.8, 4) is 0 Å². The molecular weight excluding hydrogens is 248 g/mol. The van der Waals surface area contributed by atoms with E-state index < -0.39 is 0 Å². The third kappa shape index (κ3) is 4.19. The lowest BCUT2D eigenvalue weighted by Crippen LogP contribution is -2.34. The van der Waals surface area contributed by atoms with Gasteiger partial charge in [-0.05, 0) is 69.5 Å². The van der Waals surface area contributed by atoms with Crippen LogP contribution in [0, 0.1) is 5.92 Å². The van der Waals surface area contributed by atoms with Crippen LogP contribution in [0.5, 0.6) is 0 Å². The van der Waals surface area contributed by atoms with E-state index in [1.54, 1.807) is 6.20 Å². The SMILES string of the molecule is CNCCC1CCN(Cc2ccnc(Cl)n2)CC1. The van der Waals surface area contributed by atoms with Crippen molar-refractivity contribution in [2.75, 3.05) is 26.7 Å². The molecule has 1 aliphatic heterocycles. The molecule has 4 nitrogen and oxygen atoms in total. The minimum Gasteiger partial charge on any atom is -0.320 e. The number of nitrogens with zero attached hydrogens (tertiary/aromatic N) is 3. The number of rotatable bonds is 5. The van der Waals surface area contributed by atoms with E-state index >= 15 is 0 Å². The van der Waals surface area contributed by atoms with Gasteiger partial charge in [-0.1, -0.05) is 0 Å². The maximum atomic E-state index is 5.80. The highest BCUT2D eigenvalue weighted by Gasteiger charge is 2.19. The molecule has 0 bridgehead atoms. The van der Waals surface area contributed by atoms with Crippen LogP contribution in [0.15, 0.2) is 12.3 Å². The molecule has 2 heterocycles. The molecule has 0 unspecified atom stereocenters. The lowest BCUT2D eigenvalue weighted by molar-refractivity contribution is 0.170. The first-order valence-corrected chi connectivity index (χ1v) is 7.00. The van der Waals surface area contributed by atoms with Crippen LogP contribution in [-0.4, -0.2) is 41.5 Å². The maximum absolute atomic E-state index is 5.80. The van der Waals surface area contributed by atoms with Crippen molar-refractivity contribution in [2.24, 2.45) is 5.92 Å². The molecule has 0 amide bonds. The molecule has 5 heteroatoms. The fourth-order valence-corrected chi connectivity index (χ4v) is 2.63. The molecule has 1 aromatic heterocycles. The van der Waals surface area contributed by atoms with Gasteiger partial charge in [-0.25, -0.2) is 9.97 Å². The summed E-state index contributed by atoms with van der Waals surface area (Å²) in [6.45, 7) is 4.35. The summed E-state index contributed by atoms with van der Waals surface area (Å²) in [5.74, 6) is 0.877. The average Bonchev–Trinajstić information content (AvgIpc) is 2.38. The van der Waals surface area contributed by atoms with Crippen molar-refractivity contribution >= 4 is 11.6 Å². The van der Waals surface area contributed by atoms with Gasteiger partial charge in [0.25, 0.3) is 0 Å². The molecule has 0 saturated carbocycles. The first-order valence-electron chi connectivity index (χ1n) is 6.62. The van der Waals surface area contributed by atoms with E-state index in [0.717, 1.165) is 37.8 Å². The van der Waals surface area contributed by atoms with Gasteiger partial charge >= 0.3 is 0 Å². The number of nitrogens with one attached hydrogen (secondary N) is 1. The van der Waals surface area contributed by atoms with Crippen LogP contribution in [0.3, 0.4) is 0 Å². The summed E-state index contributed by atoms with van der Waals surface area (Å²) >= 11 is 5.80. The number of hydrogen-bond donors (Lipinski definition) is 1. The predicted octanol–water partition coefficient (Wildman–Crippen LogP) is 1.95. The summed E-state index contributed by atoms with van der Waals surface area (Å²) in [6, 6.07) is 1.94. The summed E-state index contributed by atoms with van der Waals surface area (Å²) in [7, 11) is 2.02. The van der Waals surface area contributed by atoms with Gasteiger partial charge in [0.1, 0.15) is 0 Å². The van der Waals surface area contributed by atoms with E-state index in [9.17, 15) is 0 Å². The second-order valence-corrected chi connectivity index (χ2v) is 5.27. The molecule has 0 aromatic carbocycles. The standard InChI is InChI=1S/C13H21ClN4/c1-15-6-2-11-4-8-18(9-5-11)10-12-3-7-16-13(14)17-12/h3,7,11,15H,2,4-6,8-10H2,1H3. The molecule has 1 aromatic rings. The molecule has 0 radical (unpaired) electrons. The monoisotopic (exact) mass is 268 g/mol. The topological polar surface area (TPSA) is 41.0 Å². The van der Waals surface area contributed by atoms with Crippen molar-refractivity contribution in [3.05, 3.63) is 23.2 Å². The Morgan fingerprint density at radius 2 is 2.22 bits per heavy atom. The second-order valence-electron chi connectivity index (χ2n) is 4.93. The van der Waals surface area contributed by atoms with E-state index in [1.807, 2.05) is 13.1 Å². The highest BCUT2D eigenvalue weighted by Crippen LogP contribution is 2.21. The van der Waals surface area contributed by atoms with Crippen LogP contribution in [0.25, 0.3) is 0 Å². The smallest absolute Gasteiger partial charge is 0.222 e. The summed E-state index contributed by atoms with van der Waals surface area (Å²) in [5, 5.41) is 3.57. The fourth-order valence-electron chi connectivity index (χ4n) is 2.47. The number of halogens is 1. The fraction of sp³-hybridized carbons (Fsp3) is 0.692. The molecular formula is C13H21ClN4. The van der Waals surface area contributed by atoms with Crippen molar-refractivity contribution in [3.63, 3.8) is 0 Å². The van der Waals surface area contributed by atoms with Crippen LogP contribution in [0.2, 0.25) is 5.28 Å². The molecule has 100 valence electrons. The lowest BCUT2D eigenvalue weighted by Gasteiger charge is -2.31. The quantitative estimate of drug-likeness (QED) is 0.829. The van der Waals surface area contributed by atoms with E-state index in [-0.39, 0.29) is 0 Å². The van der Waals surface area contributed by atoms with E-state index in [1.165, 1.54) is 19.3 Å². The number of likely N-dealkylation sites (tertiary alicyclic amines) is 1. The van der Waals surface area contributed by atoms with Crippen molar-refractivity contribution in [1.82, 2.24) is 20.2 Å². The number of aromatic nitrogens is 2. The van der Waals surface area contributed by atoms with E-state index in [2.05, 4.69) is 20.2 Å². The zero-order chi connectivity index (χ0) is 12.8. The molecule has 1 N–H and O–H groups in total. The van der Waals surface area contributed by atoms with Gasteiger partial charge < -0.3 is 5.32 Å². The molecule has 2 rings (SSSR count). The van der Waals surface area contributed by atoms with Crippen LogP contribution in [-0.2, 0) is 6.54 Å². The van der Waals surface area contributed by atoms with Crippen LogP contribution in [0.4, 0.5) is 0 Å². The van der Waals surface area contributed by atoms with Gasteiger partial charge in [0.2, 0.25) is 5.28 Å². The maximum Gasteiger partial charge on any atom is 0.222 e. The Kier molecular flexibility index (Phi) is 5.35. The molecule has 1 fully saturated rings. The molecule has 1 aliphatic rings. The second kappa shape index (κ2) is 7.02. The van der Waals surface area contributed by atoms with Crippen LogP contribution >= 0.6 is 11.6 Å².